The average Bonchev–Trinajstić information content (AvgIpc) is 2.42. The molecule has 102 valence electrons. The fourth-order valence-corrected chi connectivity index (χ4v) is 1.45. The minimum Gasteiger partial charge on any atom is -0.506 e. The Morgan fingerprint density at radius 3 is 2.65 bits per heavy atom. The Labute approximate surface area is 113 Å². The van der Waals surface area contributed by atoms with Crippen molar-refractivity contribution in [3.63, 3.8) is 0 Å². The fourth-order valence-electron chi connectivity index (χ4n) is 1.45. The molecular formula is C12H10N4O4. The van der Waals surface area contributed by atoms with E-state index in [0.29, 0.717) is 5.82 Å². The number of aromatic nitrogens is 1. The largest absolute Gasteiger partial charge is 0.506 e. The normalized spacial score (nSPS) is 9.80. The number of carbonyl (C=O) groups is 1. The molecular weight excluding hydrogens is 264 g/mol. The van der Waals surface area contributed by atoms with Crippen LogP contribution in [-0.2, 0) is 0 Å². The molecule has 0 bridgehead atoms. The number of nitro benzene ring substituents is 1. The van der Waals surface area contributed by atoms with Crippen LogP contribution in [0.4, 0.5) is 22.0 Å². The monoisotopic (exact) mass is 274 g/mol. The molecule has 0 unspecified atom stereocenters. The third kappa shape index (κ3) is 3.19. The topological polar surface area (TPSA) is 117 Å². The summed E-state index contributed by atoms with van der Waals surface area (Å²) >= 11 is 0. The van der Waals surface area contributed by atoms with Gasteiger partial charge in [0.05, 0.1) is 16.7 Å². The van der Waals surface area contributed by atoms with Crippen LogP contribution in [0, 0.1) is 10.1 Å². The molecule has 2 aromatic rings. The number of amides is 2. The molecule has 0 atom stereocenters. The number of aromatic hydroxyl groups is 1. The van der Waals surface area contributed by atoms with E-state index in [1.165, 1.54) is 18.3 Å². The van der Waals surface area contributed by atoms with Crippen molar-refractivity contribution in [2.45, 2.75) is 0 Å². The number of nitrogens with one attached hydrogen (secondary N) is 2. The molecule has 1 aromatic carbocycles. The van der Waals surface area contributed by atoms with Gasteiger partial charge in [0.15, 0.2) is 0 Å². The summed E-state index contributed by atoms with van der Waals surface area (Å²) in [5.41, 5.74) is -0.206. The number of rotatable bonds is 3. The second-order valence-corrected chi connectivity index (χ2v) is 3.75. The molecule has 0 aliphatic rings. The van der Waals surface area contributed by atoms with Crippen LogP contribution in [0.15, 0.2) is 42.6 Å². The molecule has 1 aromatic heterocycles. The van der Waals surface area contributed by atoms with Gasteiger partial charge in [0.25, 0.3) is 5.69 Å². The van der Waals surface area contributed by atoms with Gasteiger partial charge in [-0.05, 0) is 18.2 Å². The van der Waals surface area contributed by atoms with Crippen LogP contribution in [0.3, 0.4) is 0 Å². The number of phenolic OH excluding ortho intramolecular Hbond substituents is 1. The lowest BCUT2D eigenvalue weighted by Crippen LogP contribution is -2.20. The van der Waals surface area contributed by atoms with Gasteiger partial charge in [-0.15, -0.1) is 0 Å². The van der Waals surface area contributed by atoms with E-state index in [0.717, 1.165) is 6.07 Å². The number of hydrogen-bond donors (Lipinski definition) is 3. The zero-order valence-electron chi connectivity index (χ0n) is 10.1. The second kappa shape index (κ2) is 5.65. The number of pyridine rings is 1. The molecule has 0 radical (unpaired) electrons. The smallest absolute Gasteiger partial charge is 0.324 e. The van der Waals surface area contributed by atoms with Gasteiger partial charge < -0.3 is 10.4 Å². The minimum absolute atomic E-state index is 0.0593. The van der Waals surface area contributed by atoms with Gasteiger partial charge >= 0.3 is 6.03 Å². The van der Waals surface area contributed by atoms with Crippen molar-refractivity contribution in [3.05, 3.63) is 52.7 Å². The minimum atomic E-state index is -0.641. The molecule has 20 heavy (non-hydrogen) atoms. The number of urea groups is 1. The first-order valence-electron chi connectivity index (χ1n) is 5.53. The van der Waals surface area contributed by atoms with Crippen LogP contribution >= 0.6 is 0 Å². The van der Waals surface area contributed by atoms with E-state index in [1.54, 1.807) is 18.2 Å². The highest BCUT2D eigenvalue weighted by atomic mass is 16.6. The van der Waals surface area contributed by atoms with Crippen molar-refractivity contribution in [1.29, 1.82) is 0 Å². The molecule has 2 rings (SSSR count). The summed E-state index contributed by atoms with van der Waals surface area (Å²) < 4.78 is 0. The standard InChI is InChI=1S/C12H10N4O4/c17-10-7-8(16(19)20)4-5-9(10)14-12(18)15-11-3-1-2-6-13-11/h1-7,17H,(H2,13,14,15,18). The Hall–Kier alpha value is -3.16. The SMILES string of the molecule is O=C(Nc1ccccn1)Nc1ccc([N+](=O)[O-])cc1O. The number of carbonyl (C=O) groups excluding carboxylic acids is 1. The van der Waals surface area contributed by atoms with E-state index in [1.807, 2.05) is 0 Å². The fraction of sp³-hybridized carbons (Fsp3) is 0. The molecule has 2 amide bonds. The zero-order valence-corrected chi connectivity index (χ0v) is 10.1. The highest BCUT2D eigenvalue weighted by molar-refractivity contribution is 6.00. The Morgan fingerprint density at radius 2 is 2.05 bits per heavy atom. The van der Waals surface area contributed by atoms with Gasteiger partial charge in [-0.2, -0.15) is 0 Å². The average molecular weight is 274 g/mol. The van der Waals surface area contributed by atoms with Crippen LogP contribution in [0.2, 0.25) is 0 Å². The van der Waals surface area contributed by atoms with Crippen LogP contribution < -0.4 is 10.6 Å². The maximum Gasteiger partial charge on any atom is 0.324 e. The van der Waals surface area contributed by atoms with Crippen LogP contribution in [0.25, 0.3) is 0 Å². The third-order valence-electron chi connectivity index (χ3n) is 2.35. The Balaban J connectivity index is 2.06. The summed E-state index contributed by atoms with van der Waals surface area (Å²) in [6, 6.07) is 7.75. The van der Waals surface area contributed by atoms with Gasteiger partial charge in [0.1, 0.15) is 11.6 Å². The predicted octanol–water partition coefficient (Wildman–Crippen LogP) is 2.34. The van der Waals surface area contributed by atoms with Gasteiger partial charge in [0.2, 0.25) is 0 Å². The predicted molar refractivity (Wildman–Crippen MR) is 71.6 cm³/mol. The van der Waals surface area contributed by atoms with Gasteiger partial charge in [0, 0.05) is 12.3 Å². The van der Waals surface area contributed by atoms with E-state index in [9.17, 15) is 20.0 Å². The summed E-state index contributed by atoms with van der Waals surface area (Å²) in [6.07, 6.45) is 1.51. The molecule has 3 N–H and O–H groups in total. The molecule has 0 saturated heterocycles. The van der Waals surface area contributed by atoms with E-state index in [-0.39, 0.29) is 11.4 Å². The summed E-state index contributed by atoms with van der Waals surface area (Å²) in [7, 11) is 0. The van der Waals surface area contributed by atoms with Crippen LogP contribution in [-0.4, -0.2) is 21.0 Å². The molecule has 8 nitrogen and oxygen atoms in total. The van der Waals surface area contributed by atoms with Gasteiger partial charge in [-0.25, -0.2) is 9.78 Å². The first-order chi connectivity index (χ1) is 9.56. The van der Waals surface area contributed by atoms with E-state index < -0.39 is 16.7 Å². The number of nitro groups is 1. The number of hydrogen-bond acceptors (Lipinski definition) is 5. The number of anilines is 2. The zero-order chi connectivity index (χ0) is 14.5. The van der Waals surface area contributed by atoms with E-state index >= 15 is 0 Å². The maximum absolute atomic E-state index is 11.6. The van der Waals surface area contributed by atoms with Crippen molar-refractivity contribution in [1.82, 2.24) is 4.98 Å². The van der Waals surface area contributed by atoms with E-state index in [4.69, 9.17) is 0 Å². The molecule has 0 aliphatic heterocycles. The summed E-state index contributed by atoms with van der Waals surface area (Å²) in [5.74, 6) is -0.0539. The number of non-ortho nitro benzene ring substituents is 1. The van der Waals surface area contributed by atoms with Crippen molar-refractivity contribution < 1.29 is 14.8 Å². The quantitative estimate of drug-likeness (QED) is 0.451. The molecule has 0 saturated carbocycles. The van der Waals surface area contributed by atoms with Crippen molar-refractivity contribution >= 4 is 23.2 Å². The summed E-state index contributed by atoms with van der Waals surface area (Å²) in [5, 5.41) is 24.9. The maximum atomic E-state index is 11.6. The summed E-state index contributed by atoms with van der Waals surface area (Å²) in [6.45, 7) is 0. The van der Waals surface area contributed by atoms with Crippen LogP contribution in [0.1, 0.15) is 0 Å². The Bertz CT molecular complexity index is 645. The van der Waals surface area contributed by atoms with Gasteiger partial charge in [-0.3, -0.25) is 15.4 Å². The second-order valence-electron chi connectivity index (χ2n) is 3.75. The number of nitrogens with zero attached hydrogens (tertiary/aromatic N) is 2. The molecule has 8 heteroatoms. The van der Waals surface area contributed by atoms with Crippen molar-refractivity contribution in [3.8, 4) is 5.75 Å². The molecule has 0 fully saturated rings. The molecule has 0 spiro atoms. The third-order valence-corrected chi connectivity index (χ3v) is 2.35. The lowest BCUT2D eigenvalue weighted by molar-refractivity contribution is -0.384. The number of phenols is 1. The first kappa shape index (κ1) is 13.3. The highest BCUT2D eigenvalue weighted by Crippen LogP contribution is 2.27. The highest BCUT2D eigenvalue weighted by Gasteiger charge is 2.12. The van der Waals surface area contributed by atoms with Gasteiger partial charge in [-0.1, -0.05) is 6.07 Å². The molecule has 0 aliphatic carbocycles. The van der Waals surface area contributed by atoms with Crippen molar-refractivity contribution in [2.24, 2.45) is 0 Å². The summed E-state index contributed by atoms with van der Waals surface area (Å²) in [4.78, 5) is 25.4. The lowest BCUT2D eigenvalue weighted by atomic mass is 10.2. The van der Waals surface area contributed by atoms with Crippen LogP contribution in [0.5, 0.6) is 5.75 Å². The lowest BCUT2D eigenvalue weighted by Gasteiger charge is -2.08. The number of benzene rings is 1. The van der Waals surface area contributed by atoms with E-state index in [2.05, 4.69) is 15.6 Å². The molecule has 1 heterocycles. The Morgan fingerprint density at radius 1 is 1.25 bits per heavy atom. The van der Waals surface area contributed by atoms with Crippen molar-refractivity contribution in [2.75, 3.05) is 10.6 Å². The first-order valence-corrected chi connectivity index (χ1v) is 5.53. The Kier molecular flexibility index (Phi) is 3.75.